The van der Waals surface area contributed by atoms with Crippen molar-refractivity contribution in [1.29, 1.82) is 0 Å². The topological polar surface area (TPSA) is 42.9 Å². The van der Waals surface area contributed by atoms with E-state index in [1.165, 1.54) is 0 Å². The fraction of sp³-hybridized carbons (Fsp3) is 0.500. The molecule has 2 unspecified atom stereocenters. The fourth-order valence-electron chi connectivity index (χ4n) is 1.16. The quantitative estimate of drug-likeness (QED) is 0.780. The van der Waals surface area contributed by atoms with E-state index in [2.05, 4.69) is 25.9 Å². The monoisotopic (exact) mass is 256 g/mol. The van der Waals surface area contributed by atoms with Crippen LogP contribution in [0.15, 0.2) is 12.4 Å². The van der Waals surface area contributed by atoms with Gasteiger partial charge in [-0.05, 0) is 19.4 Å². The van der Waals surface area contributed by atoms with E-state index in [9.17, 15) is 4.79 Å². The van der Waals surface area contributed by atoms with Crippen molar-refractivity contribution in [2.45, 2.75) is 31.5 Å². The molecule has 0 bridgehead atoms. The van der Waals surface area contributed by atoms with Crippen LogP contribution in [0.1, 0.15) is 31.2 Å². The van der Waals surface area contributed by atoms with E-state index in [1.54, 1.807) is 19.3 Å². The second-order valence-electron chi connectivity index (χ2n) is 3.36. The lowest BCUT2D eigenvalue weighted by Gasteiger charge is -2.15. The summed E-state index contributed by atoms with van der Waals surface area (Å²) in [7, 11) is 0. The lowest BCUT2D eigenvalue weighted by atomic mass is 9.99. The number of alkyl halides is 1. The van der Waals surface area contributed by atoms with Crippen LogP contribution in [0.4, 0.5) is 0 Å². The highest BCUT2D eigenvalue weighted by Gasteiger charge is 2.20. The first-order chi connectivity index (χ1) is 6.52. The summed E-state index contributed by atoms with van der Waals surface area (Å²) < 4.78 is 0. The number of hydrogen-bond acceptors (Lipinski definition) is 3. The molecule has 0 aromatic carbocycles. The van der Waals surface area contributed by atoms with E-state index in [0.29, 0.717) is 0 Å². The molecule has 0 aliphatic carbocycles. The number of aryl methyl sites for hydroxylation is 1. The molecule has 0 radical (unpaired) electrons. The third-order valence-electron chi connectivity index (χ3n) is 2.15. The molecule has 0 amide bonds. The Morgan fingerprint density at radius 2 is 1.93 bits per heavy atom. The van der Waals surface area contributed by atoms with Crippen molar-refractivity contribution in [3.63, 3.8) is 0 Å². The van der Waals surface area contributed by atoms with Gasteiger partial charge in [0.2, 0.25) is 0 Å². The van der Waals surface area contributed by atoms with Crippen LogP contribution in [0.5, 0.6) is 0 Å². The average Bonchev–Trinajstić information content (AvgIpc) is 2.16. The Morgan fingerprint density at radius 1 is 1.43 bits per heavy atom. The van der Waals surface area contributed by atoms with Crippen LogP contribution in [0, 0.1) is 6.92 Å². The zero-order valence-corrected chi connectivity index (χ0v) is 10.1. The molecule has 4 heteroatoms. The molecule has 0 saturated carbocycles. The lowest BCUT2D eigenvalue weighted by molar-refractivity contribution is -0.116. The van der Waals surface area contributed by atoms with Crippen LogP contribution in [0.2, 0.25) is 0 Å². The van der Waals surface area contributed by atoms with Gasteiger partial charge in [0.15, 0.2) is 0 Å². The zero-order valence-electron chi connectivity index (χ0n) is 8.49. The van der Waals surface area contributed by atoms with Crippen LogP contribution in [-0.4, -0.2) is 20.6 Å². The molecule has 14 heavy (non-hydrogen) atoms. The maximum Gasteiger partial charge on any atom is 0.144 e. The number of carbonyl (C=O) groups excluding carboxylic acids is 1. The molecule has 1 rings (SSSR count). The molecule has 1 aromatic heterocycles. The van der Waals surface area contributed by atoms with Gasteiger partial charge in [0, 0.05) is 18.3 Å². The van der Waals surface area contributed by atoms with Crippen molar-refractivity contribution in [3.8, 4) is 0 Å². The maximum atomic E-state index is 11.1. The number of hydrogen-bond donors (Lipinski definition) is 0. The minimum atomic E-state index is -0.159. The molecule has 0 fully saturated rings. The molecule has 0 saturated heterocycles. The summed E-state index contributed by atoms with van der Waals surface area (Å²) in [6.45, 7) is 5.39. The smallest absolute Gasteiger partial charge is 0.144 e. The summed E-state index contributed by atoms with van der Waals surface area (Å²) in [6, 6.07) is 0. The predicted octanol–water partition coefficient (Wildman–Crippen LogP) is 2.24. The lowest BCUT2D eigenvalue weighted by Crippen LogP contribution is -2.17. The van der Waals surface area contributed by atoms with Crippen molar-refractivity contribution in [3.05, 3.63) is 23.8 Å². The molecule has 1 aromatic rings. The predicted molar refractivity (Wildman–Crippen MR) is 58.6 cm³/mol. The Labute approximate surface area is 92.1 Å². The first-order valence-corrected chi connectivity index (χ1v) is 5.37. The summed E-state index contributed by atoms with van der Waals surface area (Å²) >= 11 is 3.36. The molecular weight excluding hydrogens is 244 g/mol. The molecule has 3 nitrogen and oxygen atoms in total. The third-order valence-corrected chi connectivity index (χ3v) is 3.59. The second kappa shape index (κ2) is 4.64. The number of carbonyl (C=O) groups is 1. The van der Waals surface area contributed by atoms with Crippen LogP contribution in [-0.2, 0) is 4.79 Å². The van der Waals surface area contributed by atoms with Gasteiger partial charge >= 0.3 is 0 Å². The van der Waals surface area contributed by atoms with Crippen molar-refractivity contribution >= 4 is 21.7 Å². The molecule has 0 N–H and O–H groups in total. The van der Waals surface area contributed by atoms with Crippen LogP contribution in [0.3, 0.4) is 0 Å². The number of halogens is 1. The van der Waals surface area contributed by atoms with Crippen molar-refractivity contribution in [2.75, 3.05) is 0 Å². The van der Waals surface area contributed by atoms with Gasteiger partial charge in [-0.25, -0.2) is 9.97 Å². The van der Waals surface area contributed by atoms with Crippen molar-refractivity contribution in [2.24, 2.45) is 0 Å². The first kappa shape index (κ1) is 11.3. The summed E-state index contributed by atoms with van der Waals surface area (Å²) in [5.41, 5.74) is 0.979. The Balaban J connectivity index is 2.84. The Morgan fingerprint density at radius 3 is 2.36 bits per heavy atom. The van der Waals surface area contributed by atoms with Gasteiger partial charge < -0.3 is 0 Å². The van der Waals surface area contributed by atoms with Gasteiger partial charge in [-0.3, -0.25) is 4.79 Å². The number of Topliss-reactive ketones (excluding diaryl/α,β-unsaturated/α-hetero) is 1. The molecular formula is C10H13BrN2O. The van der Waals surface area contributed by atoms with E-state index in [1.807, 2.05) is 13.8 Å². The van der Waals surface area contributed by atoms with E-state index in [0.717, 1.165) is 11.4 Å². The van der Waals surface area contributed by atoms with Gasteiger partial charge in [0.25, 0.3) is 0 Å². The SMILES string of the molecule is CC(=O)C(Br)C(C)c1cnc(C)nc1. The number of nitrogens with zero attached hydrogens (tertiary/aromatic N) is 2. The third kappa shape index (κ3) is 2.61. The standard InChI is InChI=1S/C10H13BrN2O/c1-6(10(11)7(2)14)9-4-12-8(3)13-5-9/h4-6,10H,1-3H3. The van der Waals surface area contributed by atoms with E-state index >= 15 is 0 Å². The summed E-state index contributed by atoms with van der Waals surface area (Å²) in [5.74, 6) is 0.973. The van der Waals surface area contributed by atoms with E-state index in [-0.39, 0.29) is 16.5 Å². The highest BCUT2D eigenvalue weighted by atomic mass is 79.9. The zero-order chi connectivity index (χ0) is 10.7. The minimum Gasteiger partial charge on any atom is -0.299 e. The van der Waals surface area contributed by atoms with Gasteiger partial charge in [0.05, 0.1) is 4.83 Å². The Kier molecular flexibility index (Phi) is 3.75. The largest absolute Gasteiger partial charge is 0.299 e. The van der Waals surface area contributed by atoms with Gasteiger partial charge in [0.1, 0.15) is 11.6 Å². The molecule has 0 spiro atoms. The number of ketones is 1. The molecule has 0 aliphatic heterocycles. The molecule has 76 valence electrons. The summed E-state index contributed by atoms with van der Waals surface area (Å²) in [5, 5.41) is 0. The second-order valence-corrected chi connectivity index (χ2v) is 4.35. The maximum absolute atomic E-state index is 11.1. The number of aromatic nitrogens is 2. The first-order valence-electron chi connectivity index (χ1n) is 4.45. The van der Waals surface area contributed by atoms with E-state index < -0.39 is 0 Å². The Bertz CT molecular complexity index is 323. The van der Waals surface area contributed by atoms with Gasteiger partial charge in [-0.2, -0.15) is 0 Å². The minimum absolute atomic E-state index is 0.105. The van der Waals surface area contributed by atoms with Crippen molar-refractivity contribution < 1.29 is 4.79 Å². The van der Waals surface area contributed by atoms with E-state index in [4.69, 9.17) is 0 Å². The average molecular weight is 257 g/mol. The summed E-state index contributed by atoms with van der Waals surface area (Å²) in [6.07, 6.45) is 3.54. The molecule has 1 heterocycles. The fourth-order valence-corrected chi connectivity index (χ4v) is 1.46. The number of rotatable bonds is 3. The summed E-state index contributed by atoms with van der Waals surface area (Å²) in [4.78, 5) is 19.2. The van der Waals surface area contributed by atoms with Crippen molar-refractivity contribution in [1.82, 2.24) is 9.97 Å². The van der Waals surface area contributed by atoms with Crippen LogP contribution < -0.4 is 0 Å². The highest BCUT2D eigenvalue weighted by Crippen LogP contribution is 2.24. The van der Waals surface area contributed by atoms with Gasteiger partial charge in [-0.15, -0.1) is 0 Å². The highest BCUT2D eigenvalue weighted by molar-refractivity contribution is 9.10. The van der Waals surface area contributed by atoms with Gasteiger partial charge in [-0.1, -0.05) is 22.9 Å². The Hall–Kier alpha value is -0.770. The van der Waals surface area contributed by atoms with Crippen LogP contribution in [0.25, 0.3) is 0 Å². The normalized spacial score (nSPS) is 14.9. The molecule has 0 aliphatic rings. The molecule has 2 atom stereocenters. The van der Waals surface area contributed by atoms with Crippen LogP contribution >= 0.6 is 15.9 Å².